The topological polar surface area (TPSA) is 49.4 Å². The zero-order chi connectivity index (χ0) is 22.9. The van der Waals surface area contributed by atoms with Gasteiger partial charge in [0.1, 0.15) is 17.2 Å². The van der Waals surface area contributed by atoms with Crippen LogP contribution in [0.2, 0.25) is 0 Å². The average Bonchev–Trinajstić information content (AvgIpc) is 2.59. The van der Waals surface area contributed by atoms with Gasteiger partial charge in [0.05, 0.1) is 0 Å². The zero-order valence-corrected chi connectivity index (χ0v) is 16.1. The second-order valence-corrected chi connectivity index (χ2v) is 7.17. The Morgan fingerprint density at radius 1 is 1.00 bits per heavy atom. The SMILES string of the molecule is Cc1cc(SC(F)(F)C(F)(F)F)ccc1N(C)C(=O)NC(=O)c1c(F)cccc1F. The third-order valence-corrected chi connectivity index (χ3v) is 4.80. The van der Waals surface area contributed by atoms with Crippen LogP contribution in [-0.2, 0) is 0 Å². The Morgan fingerprint density at radius 2 is 1.57 bits per heavy atom. The third-order valence-electron chi connectivity index (χ3n) is 3.82. The lowest BCUT2D eigenvalue weighted by atomic mass is 10.2. The van der Waals surface area contributed by atoms with E-state index in [-0.39, 0.29) is 11.3 Å². The number of urea groups is 1. The fourth-order valence-electron chi connectivity index (χ4n) is 2.34. The number of carbonyl (C=O) groups excluding carboxylic acids is 2. The summed E-state index contributed by atoms with van der Waals surface area (Å²) >= 11 is -0.708. The van der Waals surface area contributed by atoms with Crippen LogP contribution in [0.1, 0.15) is 15.9 Å². The first-order valence-electron chi connectivity index (χ1n) is 8.02. The van der Waals surface area contributed by atoms with Crippen molar-refractivity contribution in [3.63, 3.8) is 0 Å². The van der Waals surface area contributed by atoms with E-state index in [9.17, 15) is 40.3 Å². The summed E-state index contributed by atoms with van der Waals surface area (Å²) in [7, 11) is 1.17. The number of carbonyl (C=O) groups is 2. The molecule has 30 heavy (non-hydrogen) atoms. The van der Waals surface area contributed by atoms with Crippen LogP contribution in [-0.4, -0.2) is 30.4 Å². The Balaban J connectivity index is 2.17. The predicted octanol–water partition coefficient (Wildman–Crippen LogP) is 5.51. The minimum atomic E-state index is -5.75. The van der Waals surface area contributed by atoms with E-state index >= 15 is 0 Å². The normalized spacial score (nSPS) is 11.9. The van der Waals surface area contributed by atoms with Crippen LogP contribution in [0, 0.1) is 18.6 Å². The zero-order valence-electron chi connectivity index (χ0n) is 15.3. The fourth-order valence-corrected chi connectivity index (χ4v) is 3.12. The van der Waals surface area contributed by atoms with Gasteiger partial charge in [0, 0.05) is 17.6 Å². The smallest absolute Gasteiger partial charge is 0.297 e. The van der Waals surface area contributed by atoms with Gasteiger partial charge in [-0.15, -0.1) is 0 Å². The van der Waals surface area contributed by atoms with Crippen LogP contribution in [0.25, 0.3) is 0 Å². The molecule has 0 aromatic heterocycles. The largest absolute Gasteiger partial charge is 0.464 e. The molecule has 0 saturated carbocycles. The lowest BCUT2D eigenvalue weighted by Crippen LogP contribution is -2.41. The number of aryl methyl sites for hydroxylation is 1. The molecule has 0 aliphatic rings. The first-order chi connectivity index (χ1) is 13.7. The number of hydrogen-bond donors (Lipinski definition) is 1. The van der Waals surface area contributed by atoms with Crippen LogP contribution in [0.5, 0.6) is 0 Å². The van der Waals surface area contributed by atoms with Crippen LogP contribution in [0.4, 0.5) is 41.2 Å². The Bertz CT molecular complexity index is 959. The van der Waals surface area contributed by atoms with E-state index in [1.807, 2.05) is 0 Å². The Hall–Kier alpha value is -2.76. The maximum atomic E-state index is 13.6. The lowest BCUT2D eigenvalue weighted by Gasteiger charge is -2.22. The molecule has 162 valence electrons. The molecule has 12 heteroatoms. The Kier molecular flexibility index (Phi) is 6.70. The molecular weight excluding hydrogens is 441 g/mol. The highest BCUT2D eigenvalue weighted by atomic mass is 32.2. The first-order valence-corrected chi connectivity index (χ1v) is 8.83. The summed E-state index contributed by atoms with van der Waals surface area (Å²) in [5, 5.41) is -3.24. The van der Waals surface area contributed by atoms with Crippen molar-refractivity contribution >= 4 is 29.4 Å². The van der Waals surface area contributed by atoms with Crippen LogP contribution in [0.15, 0.2) is 41.3 Å². The number of alkyl halides is 5. The molecule has 0 aliphatic heterocycles. The summed E-state index contributed by atoms with van der Waals surface area (Å²) < 4.78 is 90.6. The molecule has 0 heterocycles. The second kappa shape index (κ2) is 8.54. The monoisotopic (exact) mass is 454 g/mol. The predicted molar refractivity (Wildman–Crippen MR) is 95.7 cm³/mol. The van der Waals surface area contributed by atoms with Gasteiger partial charge in [-0.1, -0.05) is 6.07 Å². The summed E-state index contributed by atoms with van der Waals surface area (Å²) in [5.41, 5.74) is -0.772. The fraction of sp³-hybridized carbons (Fsp3) is 0.222. The summed E-state index contributed by atoms with van der Waals surface area (Å²) in [6.07, 6.45) is -5.75. The van der Waals surface area contributed by atoms with E-state index in [0.717, 1.165) is 41.3 Å². The molecule has 0 atom stereocenters. The number of amides is 3. The third kappa shape index (κ3) is 5.04. The first kappa shape index (κ1) is 23.5. The molecule has 4 nitrogen and oxygen atoms in total. The molecule has 0 saturated heterocycles. The van der Waals surface area contributed by atoms with E-state index in [1.54, 1.807) is 5.32 Å². The Morgan fingerprint density at radius 3 is 2.07 bits per heavy atom. The highest BCUT2D eigenvalue weighted by Crippen LogP contribution is 2.47. The molecule has 0 unspecified atom stereocenters. The lowest BCUT2D eigenvalue weighted by molar-refractivity contribution is -0.237. The van der Waals surface area contributed by atoms with Gasteiger partial charge in [-0.2, -0.15) is 22.0 Å². The molecule has 0 spiro atoms. The quantitative estimate of drug-likeness (QED) is 0.490. The van der Waals surface area contributed by atoms with Gasteiger partial charge in [0.2, 0.25) is 0 Å². The van der Waals surface area contributed by atoms with E-state index < -0.39 is 57.2 Å². The number of nitrogens with one attached hydrogen (secondary N) is 1. The van der Waals surface area contributed by atoms with E-state index in [4.69, 9.17) is 0 Å². The van der Waals surface area contributed by atoms with Crippen molar-refractivity contribution in [2.24, 2.45) is 0 Å². The van der Waals surface area contributed by atoms with Gasteiger partial charge in [-0.3, -0.25) is 15.0 Å². The average molecular weight is 454 g/mol. The molecule has 0 fully saturated rings. The maximum Gasteiger partial charge on any atom is 0.464 e. The summed E-state index contributed by atoms with van der Waals surface area (Å²) in [5.74, 6) is -3.73. The number of imide groups is 1. The Labute approximate surface area is 170 Å². The number of rotatable bonds is 4. The molecule has 3 amide bonds. The highest BCUT2D eigenvalue weighted by molar-refractivity contribution is 8.00. The number of benzene rings is 2. The highest BCUT2D eigenvalue weighted by Gasteiger charge is 2.58. The molecule has 0 bridgehead atoms. The molecule has 2 aromatic rings. The minimum absolute atomic E-state index is 0.0639. The van der Waals surface area contributed by atoms with Gasteiger partial charge < -0.3 is 0 Å². The number of hydrogen-bond acceptors (Lipinski definition) is 3. The molecule has 2 rings (SSSR count). The van der Waals surface area contributed by atoms with Crippen molar-refractivity contribution in [3.8, 4) is 0 Å². The van der Waals surface area contributed by atoms with Crippen molar-refractivity contribution in [1.82, 2.24) is 5.32 Å². The number of nitrogens with zero attached hydrogens (tertiary/aromatic N) is 1. The minimum Gasteiger partial charge on any atom is -0.297 e. The van der Waals surface area contributed by atoms with Crippen molar-refractivity contribution < 1.29 is 40.3 Å². The van der Waals surface area contributed by atoms with Gasteiger partial charge in [-0.25, -0.2) is 13.6 Å². The number of halogens is 7. The van der Waals surface area contributed by atoms with E-state index in [1.165, 1.54) is 14.0 Å². The molecule has 1 N–H and O–H groups in total. The summed E-state index contributed by atoms with van der Waals surface area (Å²) in [6.45, 7) is 1.34. The standard InChI is InChI=1S/C18H13F7N2O2S/c1-9-8-10(30-18(24,25)17(21,22)23)6-7-13(9)27(2)16(29)26-15(28)14-11(19)4-3-5-12(14)20/h3-8H,1-2H3,(H,26,28,29). The maximum absolute atomic E-state index is 13.6. The van der Waals surface area contributed by atoms with E-state index in [0.29, 0.717) is 0 Å². The summed E-state index contributed by atoms with van der Waals surface area (Å²) in [6, 6.07) is 4.61. The molecule has 0 radical (unpaired) electrons. The van der Waals surface area contributed by atoms with Gasteiger partial charge in [0.15, 0.2) is 0 Å². The number of anilines is 1. The number of thioether (sulfide) groups is 1. The van der Waals surface area contributed by atoms with Crippen molar-refractivity contribution in [2.75, 3.05) is 11.9 Å². The van der Waals surface area contributed by atoms with Gasteiger partial charge >= 0.3 is 17.5 Å². The van der Waals surface area contributed by atoms with Crippen LogP contribution < -0.4 is 10.2 Å². The van der Waals surface area contributed by atoms with Gasteiger partial charge in [-0.05, 0) is 54.6 Å². The van der Waals surface area contributed by atoms with Crippen LogP contribution in [0.3, 0.4) is 0 Å². The van der Waals surface area contributed by atoms with Gasteiger partial charge in [0.25, 0.3) is 5.91 Å². The van der Waals surface area contributed by atoms with E-state index in [2.05, 4.69) is 0 Å². The van der Waals surface area contributed by atoms with Crippen LogP contribution >= 0.6 is 11.8 Å². The van der Waals surface area contributed by atoms with Crippen molar-refractivity contribution in [3.05, 3.63) is 59.2 Å². The second-order valence-electron chi connectivity index (χ2n) is 5.98. The van der Waals surface area contributed by atoms with Crippen molar-refractivity contribution in [1.29, 1.82) is 0 Å². The molecular formula is C18H13F7N2O2S. The van der Waals surface area contributed by atoms with Crippen molar-refractivity contribution in [2.45, 2.75) is 23.3 Å². The summed E-state index contributed by atoms with van der Waals surface area (Å²) in [4.78, 5) is 24.6. The molecule has 2 aromatic carbocycles. The molecule has 0 aliphatic carbocycles.